The maximum atomic E-state index is 6.33. The number of hydrogen-bond donors (Lipinski definition) is 2. The van der Waals surface area contributed by atoms with Gasteiger partial charge in [-0.2, -0.15) is 0 Å². The number of aromatic nitrogens is 3. The summed E-state index contributed by atoms with van der Waals surface area (Å²) in [5.74, 6) is 2.20. The molecule has 1 atom stereocenters. The van der Waals surface area contributed by atoms with Crippen LogP contribution >= 0.6 is 0 Å². The van der Waals surface area contributed by atoms with Crippen LogP contribution in [0.5, 0.6) is 17.2 Å². The Balaban J connectivity index is 1.77. The van der Waals surface area contributed by atoms with Gasteiger partial charge in [0.1, 0.15) is 24.8 Å². The summed E-state index contributed by atoms with van der Waals surface area (Å²) >= 11 is 0. The first-order valence-corrected chi connectivity index (χ1v) is 11.1. The van der Waals surface area contributed by atoms with Crippen molar-refractivity contribution in [2.45, 2.75) is 19.4 Å². The smallest absolute Gasteiger partial charge is 0.163 e. The third-order valence-corrected chi connectivity index (χ3v) is 5.54. The van der Waals surface area contributed by atoms with Crippen molar-refractivity contribution in [1.29, 1.82) is 0 Å². The standard InChI is InChI=1S/C25H29N5O4/c1-4-16(26)14-34-17-7-15(11-28-12-17)21-8-18-19-9-23(32-3)24(33-6-5-31-2)10-22(19)29-13-20(18)25(27)30-21/h7-13,16H,4-6,14,26H2,1-3H3,(H2,27,30)/t16-/m0/s1. The quantitative estimate of drug-likeness (QED) is 0.268. The Bertz CT molecular complexity index is 1300. The lowest BCUT2D eigenvalue weighted by molar-refractivity contribution is 0.144. The number of nitrogens with two attached hydrogens (primary N) is 2. The molecule has 0 saturated carbocycles. The fraction of sp³-hybridized carbons (Fsp3) is 0.320. The highest BCUT2D eigenvalue weighted by Gasteiger charge is 2.14. The normalized spacial score (nSPS) is 12.1. The second-order valence-corrected chi connectivity index (χ2v) is 7.86. The van der Waals surface area contributed by atoms with E-state index in [1.165, 1.54) is 0 Å². The van der Waals surface area contributed by atoms with Crippen LogP contribution < -0.4 is 25.7 Å². The fourth-order valence-corrected chi connectivity index (χ4v) is 3.55. The van der Waals surface area contributed by atoms with E-state index in [1.807, 2.05) is 31.2 Å². The fourth-order valence-electron chi connectivity index (χ4n) is 3.55. The molecule has 0 aliphatic carbocycles. The number of methoxy groups -OCH3 is 2. The SMILES string of the molecule is CC[C@H](N)COc1cncc(-c2cc3c(cnc4cc(OCCOC)c(OC)cc43)c(N)n2)c1. The van der Waals surface area contributed by atoms with Crippen molar-refractivity contribution in [2.75, 3.05) is 39.8 Å². The molecule has 0 aliphatic rings. The van der Waals surface area contributed by atoms with Gasteiger partial charge in [-0.1, -0.05) is 6.92 Å². The van der Waals surface area contributed by atoms with Crippen LogP contribution in [0.1, 0.15) is 13.3 Å². The Hall–Kier alpha value is -3.69. The monoisotopic (exact) mass is 463 g/mol. The van der Waals surface area contributed by atoms with Gasteiger partial charge in [0.2, 0.25) is 0 Å². The summed E-state index contributed by atoms with van der Waals surface area (Å²) in [6, 6.07) is 7.58. The number of pyridine rings is 3. The molecule has 3 aromatic heterocycles. The van der Waals surface area contributed by atoms with Gasteiger partial charge in [0.15, 0.2) is 11.5 Å². The average Bonchev–Trinajstić information content (AvgIpc) is 2.86. The largest absolute Gasteiger partial charge is 0.493 e. The lowest BCUT2D eigenvalue weighted by Crippen LogP contribution is -2.26. The summed E-state index contributed by atoms with van der Waals surface area (Å²) in [4.78, 5) is 13.5. The van der Waals surface area contributed by atoms with E-state index < -0.39 is 0 Å². The zero-order valence-electron chi connectivity index (χ0n) is 19.6. The Morgan fingerprint density at radius 3 is 2.53 bits per heavy atom. The first-order chi connectivity index (χ1) is 16.5. The Morgan fingerprint density at radius 2 is 1.76 bits per heavy atom. The topological polar surface area (TPSA) is 128 Å². The number of fused-ring (bicyclic) bond motifs is 3. The van der Waals surface area contributed by atoms with Gasteiger partial charge >= 0.3 is 0 Å². The van der Waals surface area contributed by atoms with Crippen molar-refractivity contribution in [3.8, 4) is 28.5 Å². The first kappa shape index (κ1) is 23.5. The van der Waals surface area contributed by atoms with E-state index >= 15 is 0 Å². The Morgan fingerprint density at radius 1 is 0.912 bits per heavy atom. The molecule has 0 aliphatic heterocycles. The van der Waals surface area contributed by atoms with Crippen LogP contribution in [0.4, 0.5) is 5.82 Å². The van der Waals surface area contributed by atoms with Crippen molar-refractivity contribution >= 4 is 27.5 Å². The van der Waals surface area contributed by atoms with E-state index in [0.29, 0.717) is 48.6 Å². The Kier molecular flexibility index (Phi) is 7.24. The summed E-state index contributed by atoms with van der Waals surface area (Å²) in [5, 5.41) is 2.52. The molecule has 0 spiro atoms. The third-order valence-electron chi connectivity index (χ3n) is 5.54. The van der Waals surface area contributed by atoms with E-state index in [2.05, 4.69) is 15.0 Å². The molecule has 0 amide bonds. The Labute approximate surface area is 198 Å². The van der Waals surface area contributed by atoms with Gasteiger partial charge in [-0.15, -0.1) is 0 Å². The van der Waals surface area contributed by atoms with E-state index in [0.717, 1.165) is 33.7 Å². The van der Waals surface area contributed by atoms with Crippen molar-refractivity contribution in [1.82, 2.24) is 15.0 Å². The second kappa shape index (κ2) is 10.5. The van der Waals surface area contributed by atoms with Crippen LogP contribution in [0, 0.1) is 0 Å². The molecule has 178 valence electrons. The van der Waals surface area contributed by atoms with E-state index in [1.54, 1.807) is 32.8 Å². The zero-order valence-corrected chi connectivity index (χ0v) is 19.6. The van der Waals surface area contributed by atoms with Gasteiger partial charge in [-0.25, -0.2) is 4.98 Å². The molecule has 9 nitrogen and oxygen atoms in total. The molecule has 1 aromatic carbocycles. The first-order valence-electron chi connectivity index (χ1n) is 11.1. The molecular formula is C25H29N5O4. The molecule has 9 heteroatoms. The number of nitrogens with zero attached hydrogens (tertiary/aromatic N) is 3. The number of anilines is 1. The molecule has 4 rings (SSSR count). The van der Waals surface area contributed by atoms with Crippen LogP contribution in [-0.4, -0.2) is 55.0 Å². The van der Waals surface area contributed by atoms with E-state index in [-0.39, 0.29) is 6.04 Å². The lowest BCUT2D eigenvalue weighted by atomic mass is 10.0. The number of benzene rings is 1. The summed E-state index contributed by atoms with van der Waals surface area (Å²) in [6.45, 7) is 3.31. The van der Waals surface area contributed by atoms with E-state index in [4.69, 9.17) is 30.4 Å². The van der Waals surface area contributed by atoms with Gasteiger partial charge in [-0.3, -0.25) is 9.97 Å². The molecule has 34 heavy (non-hydrogen) atoms. The van der Waals surface area contributed by atoms with E-state index in [9.17, 15) is 0 Å². The number of rotatable bonds is 10. The van der Waals surface area contributed by atoms with Gasteiger partial charge in [0.05, 0.1) is 31.1 Å². The maximum absolute atomic E-state index is 6.33. The molecule has 4 aromatic rings. The number of nitrogen functional groups attached to an aromatic ring is 1. The summed E-state index contributed by atoms with van der Waals surface area (Å²) in [6.07, 6.45) is 5.94. The molecule has 4 N–H and O–H groups in total. The van der Waals surface area contributed by atoms with Crippen LogP contribution in [-0.2, 0) is 4.74 Å². The lowest BCUT2D eigenvalue weighted by Gasteiger charge is -2.14. The molecule has 0 bridgehead atoms. The maximum Gasteiger partial charge on any atom is 0.163 e. The van der Waals surface area contributed by atoms with Crippen molar-refractivity contribution in [2.24, 2.45) is 5.73 Å². The highest BCUT2D eigenvalue weighted by atomic mass is 16.5. The minimum atomic E-state index is -0.0321. The number of ether oxygens (including phenoxy) is 4. The van der Waals surface area contributed by atoms with Crippen molar-refractivity contribution in [3.63, 3.8) is 0 Å². The minimum absolute atomic E-state index is 0.0321. The van der Waals surface area contributed by atoms with Gasteiger partial charge in [0, 0.05) is 47.9 Å². The molecule has 3 heterocycles. The van der Waals surface area contributed by atoms with Crippen LogP contribution in [0.2, 0.25) is 0 Å². The number of hydrogen-bond acceptors (Lipinski definition) is 9. The highest BCUT2D eigenvalue weighted by Crippen LogP contribution is 2.37. The van der Waals surface area contributed by atoms with Crippen molar-refractivity contribution in [3.05, 3.63) is 42.9 Å². The minimum Gasteiger partial charge on any atom is -0.493 e. The summed E-state index contributed by atoms with van der Waals surface area (Å²) in [5.41, 5.74) is 14.5. The predicted molar refractivity (Wildman–Crippen MR) is 132 cm³/mol. The van der Waals surface area contributed by atoms with Crippen LogP contribution in [0.25, 0.3) is 32.9 Å². The van der Waals surface area contributed by atoms with Gasteiger partial charge in [-0.05, 0) is 30.0 Å². The second-order valence-electron chi connectivity index (χ2n) is 7.86. The molecule has 0 unspecified atom stereocenters. The van der Waals surface area contributed by atoms with Crippen molar-refractivity contribution < 1.29 is 18.9 Å². The highest BCUT2D eigenvalue weighted by molar-refractivity contribution is 6.10. The third kappa shape index (κ3) is 4.95. The molecular weight excluding hydrogens is 434 g/mol. The molecule has 0 fully saturated rings. The predicted octanol–water partition coefficient (Wildman–Crippen LogP) is 3.58. The molecule has 0 radical (unpaired) electrons. The van der Waals surface area contributed by atoms with Gasteiger partial charge in [0.25, 0.3) is 0 Å². The average molecular weight is 464 g/mol. The van der Waals surface area contributed by atoms with Crippen LogP contribution in [0.3, 0.4) is 0 Å². The van der Waals surface area contributed by atoms with Crippen LogP contribution in [0.15, 0.2) is 42.9 Å². The summed E-state index contributed by atoms with van der Waals surface area (Å²) < 4.78 is 22.2. The van der Waals surface area contributed by atoms with Gasteiger partial charge < -0.3 is 30.4 Å². The zero-order chi connectivity index (χ0) is 24.1. The summed E-state index contributed by atoms with van der Waals surface area (Å²) in [7, 11) is 3.23. The molecule has 0 saturated heterocycles.